The van der Waals surface area contributed by atoms with Gasteiger partial charge in [0, 0.05) is 16.7 Å². The Bertz CT molecular complexity index is 621. The molecule has 0 fully saturated rings. The second-order valence-electron chi connectivity index (χ2n) is 4.62. The van der Waals surface area contributed by atoms with E-state index < -0.39 is 0 Å². The lowest BCUT2D eigenvalue weighted by Crippen LogP contribution is -2.01. The summed E-state index contributed by atoms with van der Waals surface area (Å²) >= 11 is 3.50. The van der Waals surface area contributed by atoms with Gasteiger partial charge in [-0.1, -0.05) is 22.0 Å². The van der Waals surface area contributed by atoms with E-state index in [2.05, 4.69) is 52.4 Å². The average molecular weight is 315 g/mol. The Balaban J connectivity index is 2.12. The molecule has 0 saturated carbocycles. The van der Waals surface area contributed by atoms with Crippen molar-refractivity contribution in [3.05, 3.63) is 63.1 Å². The number of halogens is 1. The third kappa shape index (κ3) is 3.59. The molecule has 3 heteroatoms. The van der Waals surface area contributed by atoms with Crippen LogP contribution in [0.1, 0.15) is 22.3 Å². The summed E-state index contributed by atoms with van der Waals surface area (Å²) in [6.07, 6.45) is 0. The maximum absolute atomic E-state index is 8.85. The third-order valence-corrected chi connectivity index (χ3v) is 3.45. The second kappa shape index (κ2) is 5.90. The predicted octanol–water partition coefficient (Wildman–Crippen LogP) is 4.55. The highest BCUT2D eigenvalue weighted by molar-refractivity contribution is 9.10. The van der Waals surface area contributed by atoms with Gasteiger partial charge >= 0.3 is 0 Å². The van der Waals surface area contributed by atoms with Crippen LogP contribution in [-0.4, -0.2) is 0 Å². The van der Waals surface area contributed by atoms with E-state index in [1.807, 2.05) is 25.1 Å². The minimum atomic E-state index is 0.708. The first-order chi connectivity index (χ1) is 9.08. The lowest BCUT2D eigenvalue weighted by Gasteiger charge is -2.10. The molecular formula is C16H15BrN2. The quantitative estimate of drug-likeness (QED) is 0.902. The Morgan fingerprint density at radius 1 is 1.16 bits per heavy atom. The van der Waals surface area contributed by atoms with Gasteiger partial charge < -0.3 is 5.32 Å². The number of hydrogen-bond donors (Lipinski definition) is 1. The van der Waals surface area contributed by atoms with Crippen LogP contribution in [0.5, 0.6) is 0 Å². The molecule has 0 unspecified atom stereocenters. The topological polar surface area (TPSA) is 35.8 Å². The Morgan fingerprint density at radius 2 is 1.95 bits per heavy atom. The zero-order valence-corrected chi connectivity index (χ0v) is 12.6. The predicted molar refractivity (Wildman–Crippen MR) is 82.1 cm³/mol. The minimum Gasteiger partial charge on any atom is -0.381 e. The first-order valence-electron chi connectivity index (χ1n) is 6.09. The van der Waals surface area contributed by atoms with Crippen molar-refractivity contribution in [2.45, 2.75) is 20.4 Å². The van der Waals surface area contributed by atoms with Gasteiger partial charge in [0.2, 0.25) is 0 Å². The van der Waals surface area contributed by atoms with Gasteiger partial charge in [-0.2, -0.15) is 5.26 Å². The molecule has 96 valence electrons. The zero-order valence-electron chi connectivity index (χ0n) is 11.0. The van der Waals surface area contributed by atoms with Crippen molar-refractivity contribution < 1.29 is 0 Å². The van der Waals surface area contributed by atoms with Crippen molar-refractivity contribution in [1.82, 2.24) is 0 Å². The lowest BCUT2D eigenvalue weighted by molar-refractivity contribution is 1.11. The first kappa shape index (κ1) is 13.6. The number of nitriles is 1. The van der Waals surface area contributed by atoms with E-state index in [-0.39, 0.29) is 0 Å². The van der Waals surface area contributed by atoms with Gasteiger partial charge in [-0.25, -0.2) is 0 Å². The SMILES string of the molecule is Cc1cc(Br)cc(NCc2ccc(C#N)cc2C)c1. The molecule has 0 radical (unpaired) electrons. The van der Waals surface area contributed by atoms with E-state index in [0.717, 1.165) is 22.3 Å². The standard InChI is InChI=1S/C16H15BrN2/c1-11-5-15(17)8-16(6-11)19-10-14-4-3-13(9-18)7-12(14)2/h3-8,19H,10H2,1-2H3. The molecule has 2 aromatic rings. The van der Waals surface area contributed by atoms with Crippen LogP contribution in [0.25, 0.3) is 0 Å². The van der Waals surface area contributed by atoms with Crippen LogP contribution in [0.15, 0.2) is 40.9 Å². The fourth-order valence-electron chi connectivity index (χ4n) is 2.00. The van der Waals surface area contributed by atoms with Gasteiger partial charge in [-0.15, -0.1) is 0 Å². The van der Waals surface area contributed by atoms with E-state index >= 15 is 0 Å². The molecule has 0 aliphatic rings. The van der Waals surface area contributed by atoms with Crippen molar-refractivity contribution in [3.8, 4) is 6.07 Å². The summed E-state index contributed by atoms with van der Waals surface area (Å²) in [4.78, 5) is 0. The maximum atomic E-state index is 8.85. The molecule has 0 heterocycles. The monoisotopic (exact) mass is 314 g/mol. The van der Waals surface area contributed by atoms with Gasteiger partial charge in [0.1, 0.15) is 0 Å². The molecule has 0 bridgehead atoms. The number of nitrogens with one attached hydrogen (secondary N) is 1. The summed E-state index contributed by atoms with van der Waals surface area (Å²) in [5.41, 5.74) is 5.36. The molecule has 19 heavy (non-hydrogen) atoms. The Kier molecular flexibility index (Phi) is 4.24. The molecule has 0 amide bonds. The van der Waals surface area contributed by atoms with Gasteiger partial charge in [0.25, 0.3) is 0 Å². The number of anilines is 1. The normalized spacial score (nSPS) is 10.0. The molecule has 0 aromatic heterocycles. The Morgan fingerprint density at radius 3 is 2.58 bits per heavy atom. The van der Waals surface area contributed by atoms with E-state index in [1.54, 1.807) is 0 Å². The fraction of sp³-hybridized carbons (Fsp3) is 0.188. The molecule has 2 rings (SSSR count). The number of rotatable bonds is 3. The number of benzene rings is 2. The highest BCUT2D eigenvalue weighted by atomic mass is 79.9. The van der Waals surface area contributed by atoms with E-state index in [0.29, 0.717) is 5.56 Å². The zero-order chi connectivity index (χ0) is 13.8. The van der Waals surface area contributed by atoms with Gasteiger partial charge in [-0.3, -0.25) is 0 Å². The van der Waals surface area contributed by atoms with E-state index in [4.69, 9.17) is 5.26 Å². The molecular weight excluding hydrogens is 300 g/mol. The van der Waals surface area contributed by atoms with Crippen LogP contribution in [0, 0.1) is 25.2 Å². The molecule has 0 saturated heterocycles. The smallest absolute Gasteiger partial charge is 0.0991 e. The van der Waals surface area contributed by atoms with Gasteiger partial charge in [0.05, 0.1) is 11.6 Å². The first-order valence-corrected chi connectivity index (χ1v) is 6.88. The number of nitrogens with zero attached hydrogens (tertiary/aromatic N) is 1. The van der Waals surface area contributed by atoms with E-state index in [9.17, 15) is 0 Å². The maximum Gasteiger partial charge on any atom is 0.0991 e. The molecule has 2 aromatic carbocycles. The van der Waals surface area contributed by atoms with Crippen molar-refractivity contribution in [1.29, 1.82) is 5.26 Å². The van der Waals surface area contributed by atoms with Crippen molar-refractivity contribution in [2.75, 3.05) is 5.32 Å². The second-order valence-corrected chi connectivity index (χ2v) is 5.54. The molecule has 2 nitrogen and oxygen atoms in total. The minimum absolute atomic E-state index is 0.708. The van der Waals surface area contributed by atoms with Crippen LogP contribution >= 0.6 is 15.9 Å². The van der Waals surface area contributed by atoms with Gasteiger partial charge in [-0.05, 0) is 60.9 Å². The van der Waals surface area contributed by atoms with Crippen molar-refractivity contribution >= 4 is 21.6 Å². The molecule has 0 spiro atoms. The van der Waals surface area contributed by atoms with E-state index in [1.165, 1.54) is 11.1 Å². The molecule has 1 N–H and O–H groups in total. The van der Waals surface area contributed by atoms with Gasteiger partial charge in [0.15, 0.2) is 0 Å². The van der Waals surface area contributed by atoms with Crippen LogP contribution in [-0.2, 0) is 6.54 Å². The largest absolute Gasteiger partial charge is 0.381 e. The molecule has 0 aliphatic heterocycles. The summed E-state index contributed by atoms with van der Waals surface area (Å²) in [5.74, 6) is 0. The van der Waals surface area contributed by atoms with Crippen molar-refractivity contribution in [2.24, 2.45) is 0 Å². The summed E-state index contributed by atoms with van der Waals surface area (Å²) in [7, 11) is 0. The summed E-state index contributed by atoms with van der Waals surface area (Å²) in [6.45, 7) is 4.86. The summed E-state index contributed by atoms with van der Waals surface area (Å²) in [5, 5.41) is 12.3. The number of aryl methyl sites for hydroxylation is 2. The summed E-state index contributed by atoms with van der Waals surface area (Å²) in [6, 6.07) is 14.2. The van der Waals surface area contributed by atoms with Crippen LogP contribution in [0.3, 0.4) is 0 Å². The number of hydrogen-bond acceptors (Lipinski definition) is 2. The van der Waals surface area contributed by atoms with Crippen LogP contribution in [0.4, 0.5) is 5.69 Å². The third-order valence-electron chi connectivity index (χ3n) is 3.00. The van der Waals surface area contributed by atoms with Crippen LogP contribution < -0.4 is 5.32 Å². The highest BCUT2D eigenvalue weighted by Gasteiger charge is 2.01. The average Bonchev–Trinajstić information content (AvgIpc) is 2.36. The van der Waals surface area contributed by atoms with Crippen LogP contribution in [0.2, 0.25) is 0 Å². The molecule has 0 atom stereocenters. The Hall–Kier alpha value is -1.79. The van der Waals surface area contributed by atoms with Crippen molar-refractivity contribution in [3.63, 3.8) is 0 Å². The lowest BCUT2D eigenvalue weighted by atomic mass is 10.1. The fourth-order valence-corrected chi connectivity index (χ4v) is 2.61. The highest BCUT2D eigenvalue weighted by Crippen LogP contribution is 2.20. The summed E-state index contributed by atoms with van der Waals surface area (Å²) < 4.78 is 1.08. The molecule has 0 aliphatic carbocycles. The Labute approximate surface area is 122 Å².